The molecule has 1 saturated heterocycles. The summed E-state index contributed by atoms with van der Waals surface area (Å²) in [5.41, 5.74) is -0.204. The van der Waals surface area contributed by atoms with Gasteiger partial charge in [0.1, 0.15) is 11.4 Å². The summed E-state index contributed by atoms with van der Waals surface area (Å²) in [5.74, 6) is 0.579. The lowest BCUT2D eigenvalue weighted by Crippen LogP contribution is -2.43. The molecule has 3 rings (SSSR count). The number of aromatic nitrogens is 1. The highest BCUT2D eigenvalue weighted by Crippen LogP contribution is 2.38. The average molecular weight is 314 g/mol. The van der Waals surface area contributed by atoms with Gasteiger partial charge in [-0.2, -0.15) is 0 Å². The van der Waals surface area contributed by atoms with Gasteiger partial charge in [0, 0.05) is 43.9 Å². The lowest BCUT2D eigenvalue weighted by atomic mass is 9.86. The summed E-state index contributed by atoms with van der Waals surface area (Å²) in [7, 11) is 1.57. The number of hydrogen-bond donors (Lipinski definition) is 0. The number of ether oxygens (including phenoxy) is 1. The van der Waals surface area contributed by atoms with Crippen molar-refractivity contribution in [3.63, 3.8) is 0 Å². The third-order valence-electron chi connectivity index (χ3n) is 4.36. The Hall–Kier alpha value is -2.43. The third kappa shape index (κ3) is 3.18. The predicted octanol–water partition coefficient (Wildman–Crippen LogP) is 3.19. The molecule has 2 aromatic rings. The molecule has 0 radical (unpaired) electrons. The molecule has 0 N–H and O–H groups in total. The Bertz CT molecular complexity index is 682. The Balaban J connectivity index is 1.71. The molecule has 23 heavy (non-hydrogen) atoms. The number of rotatable bonds is 3. The van der Waals surface area contributed by atoms with Crippen molar-refractivity contribution < 1.29 is 13.9 Å². The molecule has 4 nitrogen and oxygen atoms in total. The van der Waals surface area contributed by atoms with Crippen molar-refractivity contribution in [1.29, 1.82) is 0 Å². The number of carbonyl (C=O) groups excluding carboxylic acids is 1. The zero-order valence-corrected chi connectivity index (χ0v) is 13.0. The van der Waals surface area contributed by atoms with Crippen LogP contribution in [-0.4, -0.2) is 36.0 Å². The largest absolute Gasteiger partial charge is 0.497 e. The number of hydrogen-bond acceptors (Lipinski definition) is 3. The number of carbonyl (C=O) groups is 1. The van der Waals surface area contributed by atoms with Gasteiger partial charge in [-0.25, -0.2) is 4.39 Å². The smallest absolute Gasteiger partial charge is 0.253 e. The van der Waals surface area contributed by atoms with E-state index in [0.717, 1.165) is 0 Å². The van der Waals surface area contributed by atoms with E-state index in [1.807, 2.05) is 0 Å². The molecule has 0 atom stereocenters. The number of likely N-dealkylation sites (tertiary alicyclic amines) is 1. The Kier molecular flexibility index (Phi) is 4.28. The van der Waals surface area contributed by atoms with Gasteiger partial charge in [0.15, 0.2) is 0 Å². The molecule has 0 saturated carbocycles. The summed E-state index contributed by atoms with van der Waals surface area (Å²) in [4.78, 5) is 18.0. The van der Waals surface area contributed by atoms with Crippen LogP contribution in [0.2, 0.25) is 0 Å². The molecule has 1 aliphatic rings. The maximum atomic E-state index is 15.3. The zero-order chi connectivity index (χ0) is 16.3. The fourth-order valence-corrected chi connectivity index (χ4v) is 2.93. The molecule has 120 valence electrons. The number of alkyl halides is 1. The minimum atomic E-state index is -1.41. The van der Waals surface area contributed by atoms with E-state index in [9.17, 15) is 4.79 Å². The van der Waals surface area contributed by atoms with Crippen LogP contribution in [0.3, 0.4) is 0 Å². The number of benzene rings is 1. The van der Waals surface area contributed by atoms with Crippen molar-refractivity contribution >= 4 is 5.91 Å². The first-order valence-corrected chi connectivity index (χ1v) is 7.65. The highest BCUT2D eigenvalue weighted by atomic mass is 19.1. The molecule has 0 aliphatic carbocycles. The number of piperidine rings is 1. The van der Waals surface area contributed by atoms with Gasteiger partial charge >= 0.3 is 0 Å². The number of nitrogens with zero attached hydrogens (tertiary/aromatic N) is 2. The average Bonchev–Trinajstić information content (AvgIpc) is 2.62. The van der Waals surface area contributed by atoms with Gasteiger partial charge in [0.05, 0.1) is 7.11 Å². The van der Waals surface area contributed by atoms with Crippen LogP contribution in [0.1, 0.15) is 28.8 Å². The van der Waals surface area contributed by atoms with Gasteiger partial charge in [-0.15, -0.1) is 0 Å². The maximum absolute atomic E-state index is 15.3. The fourth-order valence-electron chi connectivity index (χ4n) is 2.93. The van der Waals surface area contributed by atoms with Crippen LogP contribution in [-0.2, 0) is 5.67 Å². The summed E-state index contributed by atoms with van der Waals surface area (Å²) in [6.45, 7) is 0.795. The zero-order valence-electron chi connectivity index (χ0n) is 13.0. The number of pyridine rings is 1. The lowest BCUT2D eigenvalue weighted by Gasteiger charge is -2.36. The van der Waals surface area contributed by atoms with Gasteiger partial charge in [-0.05, 0) is 29.8 Å². The molecule has 1 fully saturated rings. The lowest BCUT2D eigenvalue weighted by molar-refractivity contribution is 0.0420. The number of amides is 1. The Labute approximate surface area is 134 Å². The second-order valence-electron chi connectivity index (χ2n) is 5.73. The molecule has 1 amide bonds. The molecule has 0 spiro atoms. The molecule has 5 heteroatoms. The van der Waals surface area contributed by atoms with Crippen molar-refractivity contribution in [1.82, 2.24) is 9.88 Å². The van der Waals surface area contributed by atoms with Crippen LogP contribution in [0.15, 0.2) is 48.8 Å². The van der Waals surface area contributed by atoms with Crippen molar-refractivity contribution in [2.24, 2.45) is 0 Å². The summed E-state index contributed by atoms with van der Waals surface area (Å²) in [6.07, 6.45) is 3.76. The predicted molar refractivity (Wildman–Crippen MR) is 85.2 cm³/mol. The van der Waals surface area contributed by atoms with Gasteiger partial charge in [0.2, 0.25) is 0 Å². The standard InChI is InChI=1S/C18H19FN2O2/c1-23-16-4-2-3-15(13-16)18(19)7-11-21(12-8-18)17(22)14-5-9-20-10-6-14/h2-6,9-10,13H,7-8,11-12H2,1H3. The van der Waals surface area contributed by atoms with Gasteiger partial charge in [-0.1, -0.05) is 12.1 Å². The van der Waals surface area contributed by atoms with Crippen LogP contribution in [0.4, 0.5) is 4.39 Å². The van der Waals surface area contributed by atoms with Crippen molar-refractivity contribution in [2.75, 3.05) is 20.2 Å². The van der Waals surface area contributed by atoms with Crippen molar-refractivity contribution in [3.05, 3.63) is 59.9 Å². The summed E-state index contributed by atoms with van der Waals surface area (Å²) in [5, 5.41) is 0. The summed E-state index contributed by atoms with van der Waals surface area (Å²) >= 11 is 0. The highest BCUT2D eigenvalue weighted by molar-refractivity contribution is 5.94. The second kappa shape index (κ2) is 6.36. The normalized spacial score (nSPS) is 16.9. The molecular formula is C18H19FN2O2. The third-order valence-corrected chi connectivity index (χ3v) is 4.36. The van der Waals surface area contributed by atoms with Crippen LogP contribution >= 0.6 is 0 Å². The molecular weight excluding hydrogens is 295 g/mol. The van der Waals surface area contributed by atoms with Crippen molar-refractivity contribution in [2.45, 2.75) is 18.5 Å². The molecule has 1 aromatic carbocycles. The first-order valence-electron chi connectivity index (χ1n) is 7.65. The number of methoxy groups -OCH3 is 1. The SMILES string of the molecule is COc1cccc(C2(F)CCN(C(=O)c3ccncc3)CC2)c1. The van der Waals surface area contributed by atoms with Crippen molar-refractivity contribution in [3.8, 4) is 5.75 Å². The first kappa shape index (κ1) is 15.5. The monoisotopic (exact) mass is 314 g/mol. The molecule has 0 unspecified atom stereocenters. The van der Waals surface area contributed by atoms with E-state index in [1.165, 1.54) is 0 Å². The number of halogens is 1. The van der Waals surface area contributed by atoms with E-state index < -0.39 is 5.67 Å². The quantitative estimate of drug-likeness (QED) is 0.874. The Morgan fingerprint density at radius 2 is 1.91 bits per heavy atom. The van der Waals surface area contributed by atoms with Crippen LogP contribution < -0.4 is 4.74 Å². The first-order chi connectivity index (χ1) is 11.1. The minimum Gasteiger partial charge on any atom is -0.497 e. The molecule has 1 aliphatic heterocycles. The van der Waals surface area contributed by atoms with E-state index in [-0.39, 0.29) is 18.7 Å². The minimum absolute atomic E-state index is 0.0694. The van der Waals surface area contributed by atoms with Crippen LogP contribution in [0, 0.1) is 0 Å². The van der Waals surface area contributed by atoms with Crippen LogP contribution in [0.25, 0.3) is 0 Å². The van der Waals surface area contributed by atoms with E-state index in [2.05, 4.69) is 4.98 Å². The topological polar surface area (TPSA) is 42.4 Å². The van der Waals surface area contributed by atoms with E-state index in [1.54, 1.807) is 60.8 Å². The van der Waals surface area contributed by atoms with Crippen LogP contribution in [0.5, 0.6) is 5.75 Å². The molecule has 1 aromatic heterocycles. The van der Waals surface area contributed by atoms with Gasteiger partial charge in [-0.3, -0.25) is 9.78 Å². The fraction of sp³-hybridized carbons (Fsp3) is 0.333. The van der Waals surface area contributed by atoms with E-state index in [4.69, 9.17) is 4.74 Å². The second-order valence-corrected chi connectivity index (χ2v) is 5.73. The summed E-state index contributed by atoms with van der Waals surface area (Å²) < 4.78 is 20.4. The summed E-state index contributed by atoms with van der Waals surface area (Å²) in [6, 6.07) is 10.5. The Morgan fingerprint density at radius 3 is 2.57 bits per heavy atom. The highest BCUT2D eigenvalue weighted by Gasteiger charge is 2.37. The molecule has 2 heterocycles. The molecule has 0 bridgehead atoms. The Morgan fingerprint density at radius 1 is 1.22 bits per heavy atom. The van der Waals surface area contributed by atoms with E-state index in [0.29, 0.717) is 30.0 Å². The van der Waals surface area contributed by atoms with E-state index >= 15 is 4.39 Å². The van der Waals surface area contributed by atoms with Gasteiger partial charge < -0.3 is 9.64 Å². The van der Waals surface area contributed by atoms with Gasteiger partial charge in [0.25, 0.3) is 5.91 Å². The maximum Gasteiger partial charge on any atom is 0.253 e.